The molecule has 21 heavy (non-hydrogen) atoms. The van der Waals surface area contributed by atoms with Crippen molar-refractivity contribution >= 4 is 0 Å². The Hall–Kier alpha value is -1.80. The van der Waals surface area contributed by atoms with Gasteiger partial charge in [-0.3, -0.25) is 0 Å². The van der Waals surface area contributed by atoms with E-state index in [1.807, 2.05) is 43.3 Å². The quantitative estimate of drug-likeness (QED) is 0.853. The lowest BCUT2D eigenvalue weighted by molar-refractivity contribution is 0.220. The second-order valence-electron chi connectivity index (χ2n) is 5.75. The van der Waals surface area contributed by atoms with Crippen LogP contribution in [0.3, 0.4) is 0 Å². The first-order chi connectivity index (χ1) is 10.1. The Balaban J connectivity index is 2.16. The zero-order valence-corrected chi connectivity index (χ0v) is 13.0. The minimum Gasteiger partial charge on any atom is -0.494 e. The van der Waals surface area contributed by atoms with Crippen molar-refractivity contribution in [2.45, 2.75) is 33.3 Å². The fourth-order valence-electron chi connectivity index (χ4n) is 2.47. The molecule has 1 unspecified atom stereocenters. The van der Waals surface area contributed by atoms with Crippen LogP contribution in [0.1, 0.15) is 43.6 Å². The molecule has 0 aliphatic carbocycles. The molecule has 0 fully saturated rings. The van der Waals surface area contributed by atoms with Gasteiger partial charge in [0.05, 0.1) is 6.61 Å². The average molecular weight is 284 g/mol. The van der Waals surface area contributed by atoms with Gasteiger partial charge in [-0.1, -0.05) is 50.2 Å². The number of ether oxygens (including phenoxy) is 1. The summed E-state index contributed by atoms with van der Waals surface area (Å²) < 4.78 is 5.43. The molecule has 2 heteroatoms. The summed E-state index contributed by atoms with van der Waals surface area (Å²) >= 11 is 0. The van der Waals surface area contributed by atoms with Crippen molar-refractivity contribution in [2.24, 2.45) is 5.92 Å². The SMILES string of the molecule is CCOc1ccc(C(O)c2cccc(CC(C)C)c2)cc1. The van der Waals surface area contributed by atoms with Gasteiger partial charge in [-0.15, -0.1) is 0 Å². The van der Waals surface area contributed by atoms with E-state index in [-0.39, 0.29) is 0 Å². The van der Waals surface area contributed by atoms with E-state index in [2.05, 4.69) is 26.0 Å². The Labute approximate surface area is 127 Å². The molecular formula is C19H24O2. The van der Waals surface area contributed by atoms with Gasteiger partial charge in [0.2, 0.25) is 0 Å². The predicted octanol–water partition coefficient (Wildman–Crippen LogP) is 4.37. The molecule has 0 heterocycles. The number of aliphatic hydroxyl groups is 1. The molecule has 1 atom stereocenters. The Kier molecular flexibility index (Phi) is 5.40. The molecule has 0 spiro atoms. The molecular weight excluding hydrogens is 260 g/mol. The summed E-state index contributed by atoms with van der Waals surface area (Å²) in [6.45, 7) is 7.02. The molecule has 0 aliphatic heterocycles. The molecule has 0 aromatic heterocycles. The molecule has 0 bridgehead atoms. The van der Waals surface area contributed by atoms with Crippen LogP contribution in [0.15, 0.2) is 48.5 Å². The first-order valence-electron chi connectivity index (χ1n) is 7.59. The van der Waals surface area contributed by atoms with Crippen molar-refractivity contribution in [1.82, 2.24) is 0 Å². The van der Waals surface area contributed by atoms with Gasteiger partial charge in [-0.25, -0.2) is 0 Å². The van der Waals surface area contributed by atoms with Gasteiger partial charge in [0, 0.05) is 0 Å². The highest BCUT2D eigenvalue weighted by molar-refractivity contribution is 5.35. The number of hydrogen-bond acceptors (Lipinski definition) is 2. The molecule has 0 radical (unpaired) electrons. The lowest BCUT2D eigenvalue weighted by atomic mass is 9.96. The van der Waals surface area contributed by atoms with Gasteiger partial charge in [0.1, 0.15) is 11.9 Å². The van der Waals surface area contributed by atoms with Crippen LogP contribution in [-0.4, -0.2) is 11.7 Å². The number of benzene rings is 2. The molecule has 112 valence electrons. The summed E-state index contributed by atoms with van der Waals surface area (Å²) in [6.07, 6.45) is 0.442. The van der Waals surface area contributed by atoms with Crippen molar-refractivity contribution in [3.8, 4) is 5.75 Å². The molecule has 0 aliphatic rings. The molecule has 0 amide bonds. The maximum Gasteiger partial charge on any atom is 0.119 e. The third-order valence-corrected chi connectivity index (χ3v) is 3.42. The van der Waals surface area contributed by atoms with E-state index >= 15 is 0 Å². The summed E-state index contributed by atoms with van der Waals surface area (Å²) in [5, 5.41) is 10.5. The highest BCUT2D eigenvalue weighted by Gasteiger charge is 2.11. The van der Waals surface area contributed by atoms with E-state index in [1.165, 1.54) is 5.56 Å². The van der Waals surface area contributed by atoms with E-state index < -0.39 is 6.10 Å². The van der Waals surface area contributed by atoms with Crippen molar-refractivity contribution in [3.63, 3.8) is 0 Å². The van der Waals surface area contributed by atoms with E-state index in [4.69, 9.17) is 4.74 Å². The minimum absolute atomic E-state index is 0.590. The van der Waals surface area contributed by atoms with Gasteiger partial charge in [0.15, 0.2) is 0 Å². The monoisotopic (exact) mass is 284 g/mol. The van der Waals surface area contributed by atoms with Crippen molar-refractivity contribution in [1.29, 1.82) is 0 Å². The summed E-state index contributed by atoms with van der Waals surface area (Å²) in [4.78, 5) is 0. The van der Waals surface area contributed by atoms with Crippen LogP contribution >= 0.6 is 0 Å². The number of hydrogen-bond donors (Lipinski definition) is 1. The molecule has 0 saturated carbocycles. The number of aliphatic hydroxyl groups excluding tert-OH is 1. The minimum atomic E-state index is -0.590. The van der Waals surface area contributed by atoms with E-state index in [9.17, 15) is 5.11 Å². The van der Waals surface area contributed by atoms with Crippen LogP contribution in [0.2, 0.25) is 0 Å². The smallest absolute Gasteiger partial charge is 0.119 e. The van der Waals surface area contributed by atoms with Crippen LogP contribution in [0.5, 0.6) is 5.75 Å². The lowest BCUT2D eigenvalue weighted by Crippen LogP contribution is -2.02. The first-order valence-corrected chi connectivity index (χ1v) is 7.59. The van der Waals surface area contributed by atoms with Crippen molar-refractivity contribution < 1.29 is 9.84 Å². The van der Waals surface area contributed by atoms with Crippen LogP contribution in [0, 0.1) is 5.92 Å². The largest absolute Gasteiger partial charge is 0.494 e. The second-order valence-corrected chi connectivity index (χ2v) is 5.75. The predicted molar refractivity (Wildman–Crippen MR) is 86.7 cm³/mol. The average Bonchev–Trinajstić information content (AvgIpc) is 2.47. The van der Waals surface area contributed by atoms with Gasteiger partial charge in [0.25, 0.3) is 0 Å². The van der Waals surface area contributed by atoms with Crippen LogP contribution in [0.4, 0.5) is 0 Å². The fraction of sp³-hybridized carbons (Fsp3) is 0.368. The molecule has 0 saturated heterocycles. The second kappa shape index (κ2) is 7.28. The summed E-state index contributed by atoms with van der Waals surface area (Å²) in [5.41, 5.74) is 3.10. The Bertz CT molecular complexity index is 558. The third kappa shape index (κ3) is 4.33. The molecule has 2 rings (SSSR count). The third-order valence-electron chi connectivity index (χ3n) is 3.42. The Morgan fingerprint density at radius 3 is 2.33 bits per heavy atom. The molecule has 2 aromatic rings. The van der Waals surface area contributed by atoms with E-state index in [0.29, 0.717) is 12.5 Å². The summed E-state index contributed by atoms with van der Waals surface area (Å²) in [5.74, 6) is 1.45. The lowest BCUT2D eigenvalue weighted by Gasteiger charge is -2.14. The Morgan fingerprint density at radius 2 is 1.71 bits per heavy atom. The normalized spacial score (nSPS) is 12.4. The van der Waals surface area contributed by atoms with Gasteiger partial charge >= 0.3 is 0 Å². The first kappa shape index (κ1) is 15.6. The Morgan fingerprint density at radius 1 is 1.00 bits per heavy atom. The standard InChI is InChI=1S/C19H24O2/c1-4-21-18-10-8-16(9-11-18)19(20)17-7-5-6-15(13-17)12-14(2)3/h5-11,13-14,19-20H,4,12H2,1-3H3. The fourth-order valence-corrected chi connectivity index (χ4v) is 2.47. The van der Waals surface area contributed by atoms with Crippen LogP contribution in [0.25, 0.3) is 0 Å². The topological polar surface area (TPSA) is 29.5 Å². The zero-order valence-electron chi connectivity index (χ0n) is 13.0. The van der Waals surface area contributed by atoms with Crippen LogP contribution in [-0.2, 0) is 6.42 Å². The maximum absolute atomic E-state index is 10.5. The van der Waals surface area contributed by atoms with Gasteiger partial charge < -0.3 is 9.84 Å². The molecule has 1 N–H and O–H groups in total. The maximum atomic E-state index is 10.5. The summed E-state index contributed by atoms with van der Waals surface area (Å²) in [7, 11) is 0. The van der Waals surface area contributed by atoms with Crippen molar-refractivity contribution in [3.05, 3.63) is 65.2 Å². The van der Waals surface area contributed by atoms with Crippen LogP contribution < -0.4 is 4.74 Å². The summed E-state index contributed by atoms with van der Waals surface area (Å²) in [6, 6.07) is 15.9. The van der Waals surface area contributed by atoms with Gasteiger partial charge in [-0.2, -0.15) is 0 Å². The highest BCUT2D eigenvalue weighted by Crippen LogP contribution is 2.25. The van der Waals surface area contributed by atoms with E-state index in [0.717, 1.165) is 23.3 Å². The zero-order chi connectivity index (χ0) is 15.2. The highest BCUT2D eigenvalue weighted by atomic mass is 16.5. The van der Waals surface area contributed by atoms with E-state index in [1.54, 1.807) is 0 Å². The molecule has 2 aromatic carbocycles. The van der Waals surface area contributed by atoms with Crippen molar-refractivity contribution in [2.75, 3.05) is 6.61 Å². The van der Waals surface area contributed by atoms with Gasteiger partial charge in [-0.05, 0) is 48.1 Å². The number of rotatable bonds is 6. The molecule has 2 nitrogen and oxygen atoms in total.